The molecule has 1 aromatic heterocycles. The Morgan fingerprint density at radius 1 is 1.53 bits per heavy atom. The van der Waals surface area contributed by atoms with Gasteiger partial charge in [-0.3, -0.25) is 9.89 Å². The number of fused-ring (bicyclic) bond motifs is 1. The quantitative estimate of drug-likeness (QED) is 0.829. The first kappa shape index (κ1) is 10.6. The first-order chi connectivity index (χ1) is 8.28. The smallest absolute Gasteiger partial charge is 0.227 e. The topological polar surface area (TPSA) is 49.0 Å². The van der Waals surface area contributed by atoms with E-state index in [0.717, 1.165) is 16.6 Å². The van der Waals surface area contributed by atoms with Crippen molar-refractivity contribution in [2.24, 2.45) is 5.92 Å². The Hall–Kier alpha value is -1.55. The summed E-state index contributed by atoms with van der Waals surface area (Å²) in [5.74, 6) is 0.949. The minimum Gasteiger partial charge on any atom is -0.312 e. The second-order valence-corrected chi connectivity index (χ2v) is 4.68. The summed E-state index contributed by atoms with van der Waals surface area (Å²) in [5.41, 5.74) is 1.86. The summed E-state index contributed by atoms with van der Waals surface area (Å²) < 4.78 is 0. The van der Waals surface area contributed by atoms with Crippen molar-refractivity contribution in [1.29, 1.82) is 0 Å². The highest BCUT2D eigenvalue weighted by molar-refractivity contribution is 6.18. The van der Waals surface area contributed by atoms with Gasteiger partial charge in [-0.2, -0.15) is 5.10 Å². The fraction of sp³-hybridized carbons (Fsp3) is 0.333. The Balaban J connectivity index is 1.95. The normalized spacial score (nSPS) is 20.4. The molecule has 88 valence electrons. The van der Waals surface area contributed by atoms with E-state index < -0.39 is 0 Å². The molecule has 1 fully saturated rings. The summed E-state index contributed by atoms with van der Waals surface area (Å²) in [6.07, 6.45) is 2.32. The lowest BCUT2D eigenvalue weighted by molar-refractivity contribution is -0.117. The Labute approximate surface area is 104 Å². The van der Waals surface area contributed by atoms with Gasteiger partial charge in [-0.1, -0.05) is 0 Å². The average molecular weight is 250 g/mol. The molecule has 3 rings (SSSR count). The average Bonchev–Trinajstić information content (AvgIpc) is 2.93. The predicted molar refractivity (Wildman–Crippen MR) is 67.3 cm³/mol. The van der Waals surface area contributed by atoms with Crippen LogP contribution in [0.4, 0.5) is 5.69 Å². The van der Waals surface area contributed by atoms with Gasteiger partial charge in [0.1, 0.15) is 0 Å². The molecule has 0 spiro atoms. The molecule has 0 saturated carbocycles. The molecule has 2 aromatic rings. The molecule has 2 heterocycles. The summed E-state index contributed by atoms with van der Waals surface area (Å²) in [6, 6.07) is 5.87. The predicted octanol–water partition coefficient (Wildman–Crippen LogP) is 2.15. The van der Waals surface area contributed by atoms with Gasteiger partial charge < -0.3 is 4.90 Å². The van der Waals surface area contributed by atoms with Gasteiger partial charge in [-0.05, 0) is 24.1 Å². The van der Waals surface area contributed by atoms with Crippen molar-refractivity contribution < 1.29 is 4.79 Å². The van der Waals surface area contributed by atoms with Crippen LogP contribution in [0.2, 0.25) is 0 Å². The van der Waals surface area contributed by atoms with Crippen LogP contribution in [0, 0.1) is 5.92 Å². The molecule has 0 bridgehead atoms. The van der Waals surface area contributed by atoms with Crippen molar-refractivity contribution >= 4 is 34.1 Å². The highest BCUT2D eigenvalue weighted by Crippen LogP contribution is 2.27. The maximum absolute atomic E-state index is 11.9. The molecule has 0 aliphatic carbocycles. The van der Waals surface area contributed by atoms with Gasteiger partial charge in [0.25, 0.3) is 0 Å². The molecule has 1 aliphatic rings. The lowest BCUT2D eigenvalue weighted by atomic mass is 10.1. The van der Waals surface area contributed by atoms with Gasteiger partial charge in [-0.25, -0.2) is 0 Å². The third-order valence-corrected chi connectivity index (χ3v) is 3.60. The van der Waals surface area contributed by atoms with Gasteiger partial charge in [0.2, 0.25) is 5.91 Å². The molecule has 1 N–H and O–H groups in total. The number of benzene rings is 1. The summed E-state index contributed by atoms with van der Waals surface area (Å²) in [7, 11) is 0. The SMILES string of the molecule is O=C1CC(CCl)CN1c1ccc2cn[nH]c2c1. The van der Waals surface area contributed by atoms with Crippen LogP contribution < -0.4 is 4.90 Å². The van der Waals surface area contributed by atoms with Crippen molar-refractivity contribution in [3.63, 3.8) is 0 Å². The Morgan fingerprint density at radius 3 is 3.18 bits per heavy atom. The zero-order valence-corrected chi connectivity index (χ0v) is 9.94. The lowest BCUT2D eigenvalue weighted by Gasteiger charge is -2.16. The Morgan fingerprint density at radius 2 is 2.41 bits per heavy atom. The monoisotopic (exact) mass is 249 g/mol. The molecular formula is C12H12ClN3O. The standard InChI is InChI=1S/C12H12ClN3O/c13-5-8-3-12(17)16(7-8)10-2-1-9-6-14-15-11(9)4-10/h1-2,4,6,8H,3,5,7H2,(H,14,15). The fourth-order valence-electron chi connectivity index (χ4n) is 2.23. The lowest BCUT2D eigenvalue weighted by Crippen LogP contribution is -2.24. The molecule has 4 nitrogen and oxygen atoms in total. The van der Waals surface area contributed by atoms with E-state index in [4.69, 9.17) is 11.6 Å². The first-order valence-corrected chi connectivity index (χ1v) is 6.11. The van der Waals surface area contributed by atoms with Crippen molar-refractivity contribution in [2.75, 3.05) is 17.3 Å². The molecular weight excluding hydrogens is 238 g/mol. The van der Waals surface area contributed by atoms with Crippen LogP contribution in [-0.2, 0) is 4.79 Å². The van der Waals surface area contributed by atoms with Crippen LogP contribution in [0.1, 0.15) is 6.42 Å². The molecule has 5 heteroatoms. The molecule has 1 saturated heterocycles. The van der Waals surface area contributed by atoms with Crippen LogP contribution in [0.3, 0.4) is 0 Å². The molecule has 1 aliphatic heterocycles. The van der Waals surface area contributed by atoms with Crippen LogP contribution >= 0.6 is 11.6 Å². The number of amides is 1. The number of nitrogens with zero attached hydrogens (tertiary/aromatic N) is 2. The number of halogens is 1. The van der Waals surface area contributed by atoms with E-state index in [2.05, 4.69) is 10.2 Å². The number of alkyl halides is 1. The van der Waals surface area contributed by atoms with Crippen molar-refractivity contribution in [2.45, 2.75) is 6.42 Å². The number of aromatic nitrogens is 2. The fourth-order valence-corrected chi connectivity index (χ4v) is 2.43. The van der Waals surface area contributed by atoms with Crippen LogP contribution in [-0.4, -0.2) is 28.5 Å². The molecule has 1 atom stereocenters. The number of carbonyl (C=O) groups excluding carboxylic acids is 1. The van der Waals surface area contributed by atoms with E-state index >= 15 is 0 Å². The first-order valence-electron chi connectivity index (χ1n) is 5.57. The zero-order valence-electron chi connectivity index (χ0n) is 9.19. The van der Waals surface area contributed by atoms with Gasteiger partial charge >= 0.3 is 0 Å². The maximum Gasteiger partial charge on any atom is 0.227 e. The second kappa shape index (κ2) is 4.04. The van der Waals surface area contributed by atoms with E-state index in [-0.39, 0.29) is 11.8 Å². The number of hydrogen-bond donors (Lipinski definition) is 1. The Bertz CT molecular complexity index is 566. The number of aromatic amines is 1. The van der Waals surface area contributed by atoms with Crippen molar-refractivity contribution in [3.8, 4) is 0 Å². The number of H-pyrrole nitrogens is 1. The van der Waals surface area contributed by atoms with Gasteiger partial charge in [0, 0.05) is 29.9 Å². The van der Waals surface area contributed by atoms with E-state index in [1.807, 2.05) is 18.2 Å². The zero-order chi connectivity index (χ0) is 11.8. The highest BCUT2D eigenvalue weighted by Gasteiger charge is 2.29. The van der Waals surface area contributed by atoms with Crippen LogP contribution in [0.15, 0.2) is 24.4 Å². The third kappa shape index (κ3) is 1.78. The summed E-state index contributed by atoms with van der Waals surface area (Å²) in [6.45, 7) is 0.710. The molecule has 1 unspecified atom stereocenters. The number of hydrogen-bond acceptors (Lipinski definition) is 2. The number of rotatable bonds is 2. The maximum atomic E-state index is 11.9. The van der Waals surface area contributed by atoms with Crippen molar-refractivity contribution in [3.05, 3.63) is 24.4 Å². The van der Waals surface area contributed by atoms with Gasteiger partial charge in [0.15, 0.2) is 0 Å². The van der Waals surface area contributed by atoms with E-state index in [0.29, 0.717) is 18.8 Å². The second-order valence-electron chi connectivity index (χ2n) is 4.37. The van der Waals surface area contributed by atoms with Crippen molar-refractivity contribution in [1.82, 2.24) is 10.2 Å². The third-order valence-electron chi connectivity index (χ3n) is 3.16. The molecule has 1 aromatic carbocycles. The molecule has 17 heavy (non-hydrogen) atoms. The van der Waals surface area contributed by atoms with Gasteiger partial charge in [0.05, 0.1) is 11.7 Å². The Kier molecular flexibility index (Phi) is 2.52. The summed E-state index contributed by atoms with van der Waals surface area (Å²) >= 11 is 5.81. The summed E-state index contributed by atoms with van der Waals surface area (Å²) in [4.78, 5) is 13.7. The molecule has 1 amide bonds. The molecule has 0 radical (unpaired) electrons. The van der Waals surface area contributed by atoms with E-state index in [1.54, 1.807) is 11.1 Å². The minimum absolute atomic E-state index is 0.148. The van der Waals surface area contributed by atoms with E-state index in [1.165, 1.54) is 0 Å². The number of carbonyl (C=O) groups is 1. The van der Waals surface area contributed by atoms with Gasteiger partial charge in [-0.15, -0.1) is 11.6 Å². The highest BCUT2D eigenvalue weighted by atomic mass is 35.5. The van der Waals surface area contributed by atoms with Crippen LogP contribution in [0.5, 0.6) is 0 Å². The largest absolute Gasteiger partial charge is 0.312 e. The number of nitrogens with one attached hydrogen (secondary N) is 1. The summed E-state index contributed by atoms with van der Waals surface area (Å²) in [5, 5.41) is 7.93. The van der Waals surface area contributed by atoms with E-state index in [9.17, 15) is 4.79 Å². The van der Waals surface area contributed by atoms with Crippen LogP contribution in [0.25, 0.3) is 10.9 Å². The minimum atomic E-state index is 0.148. The number of anilines is 1.